The Labute approximate surface area is 122 Å². The molecule has 0 bridgehead atoms. The molecule has 0 radical (unpaired) electrons. The van der Waals surface area contributed by atoms with Gasteiger partial charge in [0.05, 0.1) is 10.7 Å². The molecule has 2 aromatic carbocycles. The Balaban J connectivity index is 2.12. The van der Waals surface area contributed by atoms with Crippen molar-refractivity contribution >= 4 is 40.3 Å². The van der Waals surface area contributed by atoms with Crippen molar-refractivity contribution in [3.63, 3.8) is 0 Å². The van der Waals surface area contributed by atoms with Crippen LogP contribution < -0.4 is 10.2 Å². The van der Waals surface area contributed by atoms with Crippen molar-refractivity contribution in [2.75, 3.05) is 17.3 Å². The van der Waals surface area contributed by atoms with Crippen molar-refractivity contribution < 1.29 is 5.11 Å². The predicted octanol–water partition coefficient (Wildman–Crippen LogP) is 3.88. The molecule has 0 amide bonds. The fraction of sp³-hybridized carbons (Fsp3) is 0.0714. The smallest absolute Gasteiger partial charge is 0.177 e. The average molecular weight is 293 g/mol. The summed E-state index contributed by atoms with van der Waals surface area (Å²) in [6, 6.07) is 14.2. The lowest BCUT2D eigenvalue weighted by Crippen LogP contribution is -2.30. The number of halogens is 1. The van der Waals surface area contributed by atoms with Crippen LogP contribution in [0.4, 0.5) is 11.4 Å². The van der Waals surface area contributed by atoms with Crippen molar-refractivity contribution in [1.82, 2.24) is 0 Å². The number of hydrogen-bond acceptors (Lipinski definition) is 2. The first-order valence-corrected chi connectivity index (χ1v) is 6.45. The molecule has 0 aliphatic heterocycles. The van der Waals surface area contributed by atoms with Gasteiger partial charge in [-0.15, -0.1) is 0 Å². The van der Waals surface area contributed by atoms with E-state index in [1.54, 1.807) is 35.2 Å². The minimum absolute atomic E-state index is 0.224. The highest BCUT2D eigenvalue weighted by Gasteiger charge is 2.08. The number of hydrogen-bond donors (Lipinski definition) is 2. The van der Waals surface area contributed by atoms with Gasteiger partial charge in [-0.1, -0.05) is 23.7 Å². The van der Waals surface area contributed by atoms with E-state index >= 15 is 0 Å². The Bertz CT molecular complexity index is 586. The molecule has 5 heteroatoms. The Hall–Kier alpha value is -1.78. The molecule has 0 fully saturated rings. The minimum Gasteiger partial charge on any atom is -0.508 e. The van der Waals surface area contributed by atoms with Gasteiger partial charge in [-0.2, -0.15) is 0 Å². The van der Waals surface area contributed by atoms with E-state index in [0.717, 1.165) is 11.4 Å². The van der Waals surface area contributed by atoms with Crippen molar-refractivity contribution in [2.45, 2.75) is 0 Å². The Kier molecular flexibility index (Phi) is 4.24. The highest BCUT2D eigenvalue weighted by molar-refractivity contribution is 7.80. The summed E-state index contributed by atoms with van der Waals surface area (Å²) in [7, 11) is 1.85. The lowest BCUT2D eigenvalue weighted by atomic mass is 10.3. The summed E-state index contributed by atoms with van der Waals surface area (Å²) in [6.45, 7) is 0. The molecule has 0 heterocycles. The Morgan fingerprint density at radius 3 is 2.42 bits per heavy atom. The monoisotopic (exact) mass is 292 g/mol. The van der Waals surface area contributed by atoms with E-state index < -0.39 is 0 Å². The maximum atomic E-state index is 9.26. The standard InChI is InChI=1S/C14H13ClN2OS/c1-17(10-6-8-11(18)9-7-10)14(19)16-13-5-3-2-4-12(13)15/h2-9,18H,1H3,(H,16,19). The summed E-state index contributed by atoms with van der Waals surface area (Å²) in [5.41, 5.74) is 1.64. The van der Waals surface area contributed by atoms with Crippen LogP contribution in [0.25, 0.3) is 0 Å². The van der Waals surface area contributed by atoms with Gasteiger partial charge in [0.2, 0.25) is 0 Å². The topological polar surface area (TPSA) is 35.5 Å². The number of aromatic hydroxyl groups is 1. The fourth-order valence-electron chi connectivity index (χ4n) is 1.56. The van der Waals surface area contributed by atoms with Gasteiger partial charge in [-0.25, -0.2) is 0 Å². The fourth-order valence-corrected chi connectivity index (χ4v) is 1.95. The van der Waals surface area contributed by atoms with E-state index in [0.29, 0.717) is 10.1 Å². The average Bonchev–Trinajstić information content (AvgIpc) is 2.41. The van der Waals surface area contributed by atoms with Crippen molar-refractivity contribution in [3.8, 4) is 5.75 Å². The summed E-state index contributed by atoms with van der Waals surface area (Å²) >= 11 is 11.4. The van der Waals surface area contributed by atoms with Crippen LogP contribution in [0.1, 0.15) is 0 Å². The molecule has 0 atom stereocenters. The lowest BCUT2D eigenvalue weighted by molar-refractivity contribution is 0.475. The summed E-state index contributed by atoms with van der Waals surface area (Å²) in [5.74, 6) is 0.224. The van der Waals surface area contributed by atoms with Gasteiger partial charge in [0.15, 0.2) is 5.11 Å². The quantitative estimate of drug-likeness (QED) is 0.824. The largest absolute Gasteiger partial charge is 0.508 e. The Morgan fingerprint density at radius 1 is 1.16 bits per heavy atom. The number of phenolic OH excluding ortho intramolecular Hbond substituents is 1. The number of phenols is 1. The van der Waals surface area contributed by atoms with E-state index in [4.69, 9.17) is 23.8 Å². The summed E-state index contributed by atoms with van der Waals surface area (Å²) < 4.78 is 0. The van der Waals surface area contributed by atoms with Crippen LogP contribution in [0.5, 0.6) is 5.75 Å². The number of benzene rings is 2. The van der Waals surface area contributed by atoms with Crippen molar-refractivity contribution in [1.29, 1.82) is 0 Å². The molecule has 0 aromatic heterocycles. The zero-order valence-corrected chi connectivity index (χ0v) is 11.9. The Morgan fingerprint density at radius 2 is 1.79 bits per heavy atom. The molecule has 0 unspecified atom stereocenters. The predicted molar refractivity (Wildman–Crippen MR) is 84.2 cm³/mol. The zero-order valence-electron chi connectivity index (χ0n) is 10.3. The molecule has 2 N–H and O–H groups in total. The van der Waals surface area contributed by atoms with Crippen LogP contribution >= 0.6 is 23.8 Å². The SMILES string of the molecule is CN(C(=S)Nc1ccccc1Cl)c1ccc(O)cc1. The normalized spacial score (nSPS) is 10.0. The molecule has 3 nitrogen and oxygen atoms in total. The third kappa shape index (κ3) is 3.36. The van der Waals surface area contributed by atoms with Gasteiger partial charge in [0.1, 0.15) is 5.75 Å². The van der Waals surface area contributed by atoms with Crippen LogP contribution in [-0.2, 0) is 0 Å². The third-order valence-corrected chi connectivity index (χ3v) is 3.36. The lowest BCUT2D eigenvalue weighted by Gasteiger charge is -2.21. The van der Waals surface area contributed by atoms with Crippen LogP contribution in [0.15, 0.2) is 48.5 Å². The second kappa shape index (κ2) is 5.91. The summed E-state index contributed by atoms with van der Waals surface area (Å²) in [6.07, 6.45) is 0. The molecule has 0 aliphatic carbocycles. The summed E-state index contributed by atoms with van der Waals surface area (Å²) in [5, 5.41) is 13.5. The van der Waals surface area contributed by atoms with Gasteiger partial charge in [-0.05, 0) is 48.6 Å². The maximum Gasteiger partial charge on any atom is 0.177 e. The first kappa shape index (κ1) is 13.6. The van der Waals surface area contributed by atoms with Crippen molar-refractivity contribution in [3.05, 3.63) is 53.6 Å². The van der Waals surface area contributed by atoms with Gasteiger partial charge >= 0.3 is 0 Å². The van der Waals surface area contributed by atoms with Gasteiger partial charge in [0.25, 0.3) is 0 Å². The maximum absolute atomic E-state index is 9.26. The van der Waals surface area contributed by atoms with Gasteiger partial charge < -0.3 is 15.3 Å². The van der Waals surface area contributed by atoms with E-state index in [-0.39, 0.29) is 5.75 Å². The molecule has 0 aliphatic rings. The van der Waals surface area contributed by atoms with E-state index in [2.05, 4.69) is 5.32 Å². The first-order valence-electron chi connectivity index (χ1n) is 5.66. The van der Waals surface area contributed by atoms with Crippen LogP contribution in [0, 0.1) is 0 Å². The van der Waals surface area contributed by atoms with Gasteiger partial charge in [-0.3, -0.25) is 0 Å². The number of anilines is 2. The van der Waals surface area contributed by atoms with E-state index in [1.807, 2.05) is 25.2 Å². The molecule has 19 heavy (non-hydrogen) atoms. The second-order valence-corrected chi connectivity index (χ2v) is 4.78. The number of nitrogens with one attached hydrogen (secondary N) is 1. The molecule has 98 valence electrons. The number of thiocarbonyl (C=S) groups is 1. The van der Waals surface area contributed by atoms with Crippen molar-refractivity contribution in [2.24, 2.45) is 0 Å². The molecule has 0 spiro atoms. The highest BCUT2D eigenvalue weighted by atomic mass is 35.5. The van der Waals surface area contributed by atoms with Crippen LogP contribution in [0.2, 0.25) is 5.02 Å². The van der Waals surface area contributed by atoms with Gasteiger partial charge in [0, 0.05) is 12.7 Å². The second-order valence-electron chi connectivity index (χ2n) is 3.99. The molecular weight excluding hydrogens is 280 g/mol. The molecule has 2 aromatic rings. The zero-order chi connectivity index (χ0) is 13.8. The van der Waals surface area contributed by atoms with Crippen LogP contribution in [0.3, 0.4) is 0 Å². The molecule has 0 saturated heterocycles. The number of rotatable bonds is 2. The molecular formula is C14H13ClN2OS. The van der Waals surface area contributed by atoms with Crippen LogP contribution in [-0.4, -0.2) is 17.3 Å². The number of para-hydroxylation sites is 1. The highest BCUT2D eigenvalue weighted by Crippen LogP contribution is 2.22. The summed E-state index contributed by atoms with van der Waals surface area (Å²) in [4.78, 5) is 1.80. The van der Waals surface area contributed by atoms with E-state index in [1.165, 1.54) is 0 Å². The molecule has 0 saturated carbocycles. The number of nitrogens with zero attached hydrogens (tertiary/aromatic N) is 1. The minimum atomic E-state index is 0.224. The third-order valence-electron chi connectivity index (χ3n) is 2.66. The first-order chi connectivity index (χ1) is 9.08. The van der Waals surface area contributed by atoms with E-state index in [9.17, 15) is 5.11 Å². The molecule has 2 rings (SSSR count).